The minimum Gasteiger partial charge on any atom is -0.480 e. The van der Waals surface area contributed by atoms with Gasteiger partial charge in [-0.15, -0.1) is 0 Å². The van der Waals surface area contributed by atoms with Crippen LogP contribution in [0, 0.1) is 0 Å². The topological polar surface area (TPSA) is 170 Å². The van der Waals surface area contributed by atoms with E-state index >= 15 is 0 Å². The van der Waals surface area contributed by atoms with E-state index in [9.17, 15) is 19.5 Å². The van der Waals surface area contributed by atoms with Gasteiger partial charge in [0.25, 0.3) is 0 Å². The fraction of sp³-hybridized carbons (Fsp3) is 0.333. The van der Waals surface area contributed by atoms with E-state index in [1.165, 1.54) is 12.5 Å². The number of aliphatic carboxylic acids is 1. The number of hydrogen-bond acceptors (Lipinski definition) is 6. The number of aliphatic hydroxyl groups is 1. The molecule has 0 aliphatic carbocycles. The minimum atomic E-state index is -1.22. The molecular formula is C18H23N5O5. The Morgan fingerprint density at radius 2 is 1.75 bits per heavy atom. The van der Waals surface area contributed by atoms with Crippen molar-refractivity contribution in [2.24, 2.45) is 5.73 Å². The molecule has 0 radical (unpaired) electrons. The smallest absolute Gasteiger partial charge is 0.326 e. The number of imidazole rings is 1. The Kier molecular flexibility index (Phi) is 7.66. The molecule has 7 N–H and O–H groups in total. The van der Waals surface area contributed by atoms with Crippen LogP contribution in [0.4, 0.5) is 0 Å². The van der Waals surface area contributed by atoms with Crippen LogP contribution in [0.3, 0.4) is 0 Å². The molecule has 0 aliphatic heterocycles. The number of carboxylic acids is 1. The molecular weight excluding hydrogens is 366 g/mol. The first kappa shape index (κ1) is 21.1. The van der Waals surface area contributed by atoms with Crippen molar-refractivity contribution in [1.82, 2.24) is 20.6 Å². The first-order chi connectivity index (χ1) is 13.4. The van der Waals surface area contributed by atoms with Gasteiger partial charge in [0.05, 0.1) is 12.9 Å². The molecule has 2 rings (SSSR count). The first-order valence-electron chi connectivity index (χ1n) is 8.62. The summed E-state index contributed by atoms with van der Waals surface area (Å²) in [4.78, 5) is 42.9. The van der Waals surface area contributed by atoms with Gasteiger partial charge >= 0.3 is 5.97 Å². The van der Waals surface area contributed by atoms with E-state index in [0.717, 1.165) is 5.56 Å². The first-order valence-corrected chi connectivity index (χ1v) is 8.62. The van der Waals surface area contributed by atoms with E-state index in [2.05, 4.69) is 20.6 Å². The summed E-state index contributed by atoms with van der Waals surface area (Å²) in [5.41, 5.74) is 6.80. The molecule has 2 amide bonds. The van der Waals surface area contributed by atoms with Crippen LogP contribution in [0.2, 0.25) is 0 Å². The van der Waals surface area contributed by atoms with E-state index in [-0.39, 0.29) is 12.8 Å². The molecule has 1 heterocycles. The molecule has 0 aliphatic rings. The van der Waals surface area contributed by atoms with E-state index in [0.29, 0.717) is 5.69 Å². The number of nitrogens with zero attached hydrogens (tertiary/aromatic N) is 1. The highest BCUT2D eigenvalue weighted by atomic mass is 16.4. The molecule has 0 saturated carbocycles. The average Bonchev–Trinajstić information content (AvgIpc) is 3.20. The standard InChI is InChI=1S/C18H23N5O5/c19-13(9-24)16(25)22-14(6-11-4-2-1-3-5-11)17(26)23-15(18(27)28)7-12-8-20-10-21-12/h1-5,8,10,13-15,24H,6-7,9,19H2,(H,20,21)(H,22,25)(H,23,26)(H,27,28)/t13-,14-,15-/m0/s1. The SMILES string of the molecule is N[C@@H](CO)C(=O)N[C@@H](Cc1ccccc1)C(=O)N[C@@H](Cc1cnc[nH]1)C(=O)O. The van der Waals surface area contributed by atoms with Crippen molar-refractivity contribution >= 4 is 17.8 Å². The predicted octanol–water partition coefficient (Wildman–Crippen LogP) is -1.43. The van der Waals surface area contributed by atoms with Crippen LogP contribution in [0.15, 0.2) is 42.9 Å². The Hall–Kier alpha value is -3.24. The van der Waals surface area contributed by atoms with Crippen LogP contribution in [0.25, 0.3) is 0 Å². The van der Waals surface area contributed by atoms with Crippen molar-refractivity contribution in [1.29, 1.82) is 0 Å². The van der Waals surface area contributed by atoms with Gasteiger partial charge < -0.3 is 31.6 Å². The van der Waals surface area contributed by atoms with Crippen LogP contribution in [-0.4, -0.2) is 62.7 Å². The highest BCUT2D eigenvalue weighted by molar-refractivity contribution is 5.92. The maximum absolute atomic E-state index is 12.7. The maximum Gasteiger partial charge on any atom is 0.326 e. The molecule has 10 nitrogen and oxygen atoms in total. The van der Waals surface area contributed by atoms with Gasteiger partial charge in [0.1, 0.15) is 18.1 Å². The number of benzene rings is 1. The summed E-state index contributed by atoms with van der Waals surface area (Å²) >= 11 is 0. The second-order valence-electron chi connectivity index (χ2n) is 6.22. The summed E-state index contributed by atoms with van der Waals surface area (Å²) < 4.78 is 0. The number of amides is 2. The van der Waals surface area contributed by atoms with E-state index in [1.807, 2.05) is 6.07 Å². The zero-order valence-corrected chi connectivity index (χ0v) is 15.0. The third kappa shape index (κ3) is 6.18. The van der Waals surface area contributed by atoms with Crippen molar-refractivity contribution in [2.75, 3.05) is 6.61 Å². The lowest BCUT2D eigenvalue weighted by Crippen LogP contribution is -2.56. The number of carboxylic acid groups (broad SMARTS) is 1. The highest BCUT2D eigenvalue weighted by Crippen LogP contribution is 2.06. The maximum atomic E-state index is 12.7. The normalized spacial score (nSPS) is 13.9. The Bertz CT molecular complexity index is 781. The molecule has 0 saturated heterocycles. The lowest BCUT2D eigenvalue weighted by atomic mass is 10.0. The number of aromatic nitrogens is 2. The Morgan fingerprint density at radius 1 is 1.07 bits per heavy atom. The number of carbonyl (C=O) groups is 3. The molecule has 10 heteroatoms. The molecule has 28 heavy (non-hydrogen) atoms. The van der Waals surface area contributed by atoms with Crippen LogP contribution in [0.5, 0.6) is 0 Å². The molecule has 1 aromatic carbocycles. The highest BCUT2D eigenvalue weighted by Gasteiger charge is 2.28. The van der Waals surface area contributed by atoms with E-state index < -0.39 is 42.5 Å². The van der Waals surface area contributed by atoms with E-state index in [4.69, 9.17) is 10.8 Å². The number of aromatic amines is 1. The molecule has 1 aromatic heterocycles. The van der Waals surface area contributed by atoms with Crippen LogP contribution >= 0.6 is 0 Å². The average molecular weight is 389 g/mol. The van der Waals surface area contributed by atoms with Gasteiger partial charge in [-0.1, -0.05) is 30.3 Å². The van der Waals surface area contributed by atoms with Crippen molar-refractivity contribution in [3.63, 3.8) is 0 Å². The number of carbonyl (C=O) groups excluding carboxylic acids is 2. The quantitative estimate of drug-likeness (QED) is 0.289. The summed E-state index contributed by atoms with van der Waals surface area (Å²) in [6.07, 6.45) is 3.01. The molecule has 0 unspecified atom stereocenters. The minimum absolute atomic E-state index is 0.00320. The third-order valence-corrected chi connectivity index (χ3v) is 4.04. The molecule has 0 bridgehead atoms. The van der Waals surface area contributed by atoms with Crippen molar-refractivity contribution < 1.29 is 24.6 Å². The fourth-order valence-corrected chi connectivity index (χ4v) is 2.51. The van der Waals surface area contributed by atoms with Crippen LogP contribution in [0.1, 0.15) is 11.3 Å². The zero-order valence-electron chi connectivity index (χ0n) is 15.0. The summed E-state index contributed by atoms with van der Waals surface area (Å²) in [5, 5.41) is 23.3. The molecule has 150 valence electrons. The zero-order chi connectivity index (χ0) is 20.5. The second kappa shape index (κ2) is 10.2. The van der Waals surface area contributed by atoms with Crippen molar-refractivity contribution in [2.45, 2.75) is 31.0 Å². The molecule has 0 fully saturated rings. The molecule has 0 spiro atoms. The van der Waals surface area contributed by atoms with Crippen LogP contribution < -0.4 is 16.4 Å². The summed E-state index contributed by atoms with van der Waals surface area (Å²) in [6.45, 7) is -0.580. The monoisotopic (exact) mass is 389 g/mol. The number of hydrogen-bond donors (Lipinski definition) is 6. The van der Waals surface area contributed by atoms with Gasteiger partial charge in [0, 0.05) is 24.7 Å². The van der Waals surface area contributed by atoms with Crippen molar-refractivity contribution in [3.05, 3.63) is 54.1 Å². The summed E-state index contributed by atoms with van der Waals surface area (Å²) in [6, 6.07) is 5.46. The lowest BCUT2D eigenvalue weighted by Gasteiger charge is -2.22. The largest absolute Gasteiger partial charge is 0.480 e. The van der Waals surface area contributed by atoms with Gasteiger partial charge in [-0.3, -0.25) is 9.59 Å². The fourth-order valence-electron chi connectivity index (χ4n) is 2.51. The number of nitrogens with one attached hydrogen (secondary N) is 3. The Balaban J connectivity index is 2.13. The van der Waals surface area contributed by atoms with Gasteiger partial charge in [-0.25, -0.2) is 9.78 Å². The third-order valence-electron chi connectivity index (χ3n) is 4.04. The number of rotatable bonds is 10. The molecule has 3 atom stereocenters. The Morgan fingerprint density at radius 3 is 2.32 bits per heavy atom. The molecule has 2 aromatic rings. The van der Waals surface area contributed by atoms with Crippen LogP contribution in [-0.2, 0) is 27.2 Å². The number of aliphatic hydroxyl groups excluding tert-OH is 1. The van der Waals surface area contributed by atoms with Gasteiger partial charge in [-0.2, -0.15) is 0 Å². The van der Waals surface area contributed by atoms with Gasteiger partial charge in [0.15, 0.2) is 0 Å². The van der Waals surface area contributed by atoms with Gasteiger partial charge in [0.2, 0.25) is 11.8 Å². The second-order valence-corrected chi connectivity index (χ2v) is 6.22. The lowest BCUT2D eigenvalue weighted by molar-refractivity contribution is -0.142. The summed E-state index contributed by atoms with van der Waals surface area (Å²) in [7, 11) is 0. The Labute approximate surface area is 161 Å². The number of H-pyrrole nitrogens is 1. The van der Waals surface area contributed by atoms with Crippen molar-refractivity contribution in [3.8, 4) is 0 Å². The number of nitrogens with two attached hydrogens (primary N) is 1. The van der Waals surface area contributed by atoms with Gasteiger partial charge in [-0.05, 0) is 5.56 Å². The van der Waals surface area contributed by atoms with E-state index in [1.54, 1.807) is 24.3 Å². The summed E-state index contributed by atoms with van der Waals surface area (Å²) in [5.74, 6) is -2.60. The predicted molar refractivity (Wildman–Crippen MR) is 99.0 cm³/mol.